The predicted molar refractivity (Wildman–Crippen MR) is 200 cm³/mol. The van der Waals surface area contributed by atoms with Crippen LogP contribution >= 0.6 is 0 Å². The molecule has 9 aromatic carbocycles. The zero-order chi connectivity index (χ0) is 37.0. The first-order chi connectivity index (χ1) is 26.2. The molecule has 10 aromatic rings. The molecule has 1 nitrogen and oxygen atoms in total. The van der Waals surface area contributed by atoms with Gasteiger partial charge in [-0.2, -0.15) is 0 Å². The molecule has 47 heavy (non-hydrogen) atoms. The van der Waals surface area contributed by atoms with Crippen molar-refractivity contribution >= 4 is 65.0 Å². The molecule has 218 valence electrons. The fourth-order valence-corrected chi connectivity index (χ4v) is 7.17. The molecule has 0 radical (unpaired) electrons. The number of benzene rings is 9. The molecule has 0 bridgehead atoms. The largest absolute Gasteiger partial charge is 0.456 e. The van der Waals surface area contributed by atoms with E-state index in [0.717, 1.165) is 32.3 Å². The summed E-state index contributed by atoms with van der Waals surface area (Å²) < 4.78 is 72.8. The fraction of sp³-hybridized carbons (Fsp3) is 0. The highest BCUT2D eigenvalue weighted by Crippen LogP contribution is 2.48. The lowest BCUT2D eigenvalue weighted by Crippen LogP contribution is -1.93. The van der Waals surface area contributed by atoms with Crippen LogP contribution in [0.3, 0.4) is 0 Å². The second-order valence-electron chi connectivity index (χ2n) is 11.9. The van der Waals surface area contributed by atoms with Crippen LogP contribution in [0.15, 0.2) is 174 Å². The Morgan fingerprint density at radius 2 is 1.04 bits per heavy atom. The Morgan fingerprint density at radius 3 is 1.87 bits per heavy atom. The van der Waals surface area contributed by atoms with E-state index in [0.29, 0.717) is 44.4 Å². The lowest BCUT2D eigenvalue weighted by molar-refractivity contribution is 0.669. The third-order valence-corrected chi connectivity index (χ3v) is 9.25. The van der Waals surface area contributed by atoms with Crippen molar-refractivity contribution in [2.75, 3.05) is 0 Å². The van der Waals surface area contributed by atoms with Gasteiger partial charge in [0, 0.05) is 10.8 Å². The first kappa shape index (κ1) is 20.0. The Balaban J connectivity index is 1.52. The lowest BCUT2D eigenvalue weighted by Gasteiger charge is -2.20. The molecule has 0 spiro atoms. The minimum absolute atomic E-state index is 0.00548. The Kier molecular flexibility index (Phi) is 4.34. The van der Waals surface area contributed by atoms with E-state index in [9.17, 15) is 6.85 Å². The van der Waals surface area contributed by atoms with Crippen LogP contribution in [-0.2, 0) is 0 Å². The lowest BCUT2D eigenvalue weighted by atomic mass is 9.83. The topological polar surface area (TPSA) is 13.1 Å². The van der Waals surface area contributed by atoms with E-state index in [4.69, 9.17) is 7.16 Å². The van der Waals surface area contributed by atoms with Crippen molar-refractivity contribution in [2.24, 2.45) is 0 Å². The number of furan rings is 1. The Bertz CT molecular complexity index is 3230. The molecule has 0 atom stereocenters. The summed E-state index contributed by atoms with van der Waals surface area (Å²) >= 11 is 0. The average molecular weight is 604 g/mol. The van der Waals surface area contributed by atoms with Crippen LogP contribution in [-0.4, -0.2) is 0 Å². The summed E-state index contributed by atoms with van der Waals surface area (Å²) in [4.78, 5) is 0. The average Bonchev–Trinajstić information content (AvgIpc) is 3.57. The van der Waals surface area contributed by atoms with E-state index in [1.165, 1.54) is 0 Å². The Hall–Kier alpha value is -6.18. The highest BCUT2D eigenvalue weighted by atomic mass is 16.3. The van der Waals surface area contributed by atoms with Gasteiger partial charge in [0.1, 0.15) is 11.2 Å². The van der Waals surface area contributed by atoms with Gasteiger partial charge >= 0.3 is 0 Å². The normalized spacial score (nSPS) is 13.9. The second kappa shape index (κ2) is 10.2. The molecule has 0 aliphatic rings. The summed E-state index contributed by atoms with van der Waals surface area (Å²) in [5, 5.41) is 6.37. The molecule has 0 aliphatic heterocycles. The monoisotopic (exact) mass is 603 g/mol. The molecule has 0 N–H and O–H groups in total. The summed E-state index contributed by atoms with van der Waals surface area (Å²) in [5.41, 5.74) is 4.16. The number of fused-ring (bicyclic) bond motifs is 7. The maximum Gasteiger partial charge on any atom is 0.136 e. The van der Waals surface area contributed by atoms with Crippen LogP contribution in [0.5, 0.6) is 0 Å². The molecule has 1 heteroatoms. The van der Waals surface area contributed by atoms with Gasteiger partial charge < -0.3 is 4.42 Å². The highest BCUT2D eigenvalue weighted by Gasteiger charge is 2.21. The summed E-state index contributed by atoms with van der Waals surface area (Å²) in [6.45, 7) is 0. The summed E-state index contributed by atoms with van der Waals surface area (Å²) in [7, 11) is 0. The van der Waals surface area contributed by atoms with Crippen molar-refractivity contribution in [3.05, 3.63) is 170 Å². The first-order valence-electron chi connectivity index (χ1n) is 19.1. The van der Waals surface area contributed by atoms with Gasteiger partial charge in [-0.3, -0.25) is 0 Å². The van der Waals surface area contributed by atoms with Gasteiger partial charge in [0.15, 0.2) is 0 Å². The van der Waals surface area contributed by atoms with Gasteiger partial charge in [-0.25, -0.2) is 0 Å². The van der Waals surface area contributed by atoms with Gasteiger partial charge in [-0.05, 0) is 101 Å². The van der Waals surface area contributed by atoms with E-state index >= 15 is 0 Å². The number of rotatable bonds is 3. The van der Waals surface area contributed by atoms with Gasteiger partial charge in [0.2, 0.25) is 0 Å². The van der Waals surface area contributed by atoms with Crippen molar-refractivity contribution in [1.82, 2.24) is 0 Å². The van der Waals surface area contributed by atoms with E-state index in [1.807, 2.05) is 121 Å². The molecule has 0 saturated carbocycles. The fourth-order valence-electron chi connectivity index (χ4n) is 7.17. The summed E-state index contributed by atoms with van der Waals surface area (Å²) in [6, 6.07) is 38.9. The minimum Gasteiger partial charge on any atom is -0.456 e. The molecular weight excluding hydrogens is 569 g/mol. The molecule has 0 fully saturated rings. The van der Waals surface area contributed by atoms with E-state index in [2.05, 4.69) is 6.07 Å². The van der Waals surface area contributed by atoms with E-state index < -0.39 is 12.1 Å². The second-order valence-corrected chi connectivity index (χ2v) is 11.9. The number of hydrogen-bond donors (Lipinski definition) is 0. The van der Waals surface area contributed by atoms with Gasteiger partial charge in [0.25, 0.3) is 0 Å². The summed E-state index contributed by atoms with van der Waals surface area (Å²) in [5.74, 6) is 0. The van der Waals surface area contributed by atoms with E-state index in [1.54, 1.807) is 0 Å². The molecule has 0 aliphatic carbocycles. The third-order valence-electron chi connectivity index (χ3n) is 9.25. The van der Waals surface area contributed by atoms with Crippen molar-refractivity contribution in [3.8, 4) is 33.4 Å². The molecule has 10 rings (SSSR count). The molecule has 1 aromatic heterocycles. The van der Waals surface area contributed by atoms with Crippen LogP contribution in [0.25, 0.3) is 98.4 Å². The zero-order valence-electron chi connectivity index (χ0n) is 32.0. The quantitative estimate of drug-likeness (QED) is 0.183. The van der Waals surface area contributed by atoms with Crippen LogP contribution in [0.1, 0.15) is 9.60 Å². The smallest absolute Gasteiger partial charge is 0.136 e. The van der Waals surface area contributed by atoms with Crippen LogP contribution < -0.4 is 0 Å². The Morgan fingerprint density at radius 1 is 0.404 bits per heavy atom. The van der Waals surface area contributed by atoms with Crippen LogP contribution in [0, 0.1) is 0 Å². The molecular formula is C46H28O. The van der Waals surface area contributed by atoms with Crippen molar-refractivity contribution in [3.63, 3.8) is 0 Å². The number of hydrogen-bond acceptors (Lipinski definition) is 1. The van der Waals surface area contributed by atoms with E-state index in [-0.39, 0.29) is 51.9 Å². The first-order valence-corrected chi connectivity index (χ1v) is 15.6. The predicted octanol–water partition coefficient (Wildman–Crippen LogP) is 13.2. The minimum atomic E-state index is -0.406. The van der Waals surface area contributed by atoms with Crippen molar-refractivity contribution in [2.45, 2.75) is 0 Å². The highest BCUT2D eigenvalue weighted by molar-refractivity contribution is 6.27. The van der Waals surface area contributed by atoms with Crippen molar-refractivity contribution in [1.29, 1.82) is 0 Å². The molecule has 0 unspecified atom stereocenters. The van der Waals surface area contributed by atoms with Gasteiger partial charge in [-0.15, -0.1) is 0 Å². The molecule has 0 saturated heterocycles. The molecule has 1 heterocycles. The van der Waals surface area contributed by atoms with Crippen molar-refractivity contribution < 1.29 is 14.0 Å². The molecule has 0 amide bonds. The summed E-state index contributed by atoms with van der Waals surface area (Å²) in [6.07, 6.45) is 0. The van der Waals surface area contributed by atoms with Crippen LogP contribution in [0.2, 0.25) is 0 Å². The zero-order valence-corrected chi connectivity index (χ0v) is 25.0. The van der Waals surface area contributed by atoms with Crippen LogP contribution in [0.4, 0.5) is 0 Å². The van der Waals surface area contributed by atoms with Gasteiger partial charge in [-0.1, -0.05) is 145 Å². The SMILES string of the molecule is [2H]c1c([2H])c([2H])c2c(-c3cccc4oc5cc6ccccc6cc5c34)c3c([2H])c([2H])c(-c4ccccc4)c([2H])c3c(-c3cccc4ccccc34)c2c1[2H]. The standard InChI is InChI=1S/C46H28O/c1-2-12-29(13-3-1)33-24-25-38-40(26-33)45(35-21-10-17-30-14-6-7-18-34(30)35)37-20-9-8-19-36(37)44(38)39-22-11-23-42-46(39)41-27-31-15-4-5-16-32(31)28-43(41)47-42/h1-28H/i8D,9D,19D,20D,24D,25D,26D. The maximum atomic E-state index is 10.0. The third kappa shape index (κ3) is 3.97. The maximum absolute atomic E-state index is 10.0. The Labute approximate surface area is 281 Å². The van der Waals surface area contributed by atoms with Gasteiger partial charge in [0.05, 0.1) is 9.60 Å².